The minimum atomic E-state index is -0.879. The molecule has 2 fully saturated rings. The van der Waals surface area contributed by atoms with E-state index in [1.54, 1.807) is 0 Å². The van der Waals surface area contributed by atoms with E-state index in [4.69, 9.17) is 5.11 Å². The number of hydrogen-bond donors (Lipinski definition) is 2. The molecule has 1 heterocycles. The van der Waals surface area contributed by atoms with E-state index in [-0.39, 0.29) is 30.7 Å². The number of aliphatic carboxylic acids is 1. The van der Waals surface area contributed by atoms with Gasteiger partial charge in [0, 0.05) is 12.6 Å². The number of carboxylic acids is 1. The third kappa shape index (κ3) is 2.38. The van der Waals surface area contributed by atoms with E-state index in [1.807, 2.05) is 4.90 Å². The van der Waals surface area contributed by atoms with E-state index < -0.39 is 12.0 Å². The van der Waals surface area contributed by atoms with Crippen LogP contribution in [-0.4, -0.2) is 46.4 Å². The number of nitrogens with zero attached hydrogens (tertiary/aromatic N) is 1. The topological polar surface area (TPSA) is 86.7 Å². The fourth-order valence-corrected chi connectivity index (χ4v) is 2.03. The summed E-state index contributed by atoms with van der Waals surface area (Å²) < 4.78 is 0. The lowest BCUT2D eigenvalue weighted by atomic mass is 10.2. The van der Waals surface area contributed by atoms with Crippen LogP contribution in [0.1, 0.15) is 25.7 Å². The Morgan fingerprint density at radius 3 is 2.56 bits per heavy atom. The zero-order valence-electron chi connectivity index (χ0n) is 8.81. The third-order valence-electron chi connectivity index (χ3n) is 2.94. The van der Waals surface area contributed by atoms with Gasteiger partial charge in [0.1, 0.15) is 0 Å². The van der Waals surface area contributed by atoms with Gasteiger partial charge < -0.3 is 5.11 Å². The highest BCUT2D eigenvalue weighted by atomic mass is 16.4. The number of rotatable bonds is 5. The Hall–Kier alpha value is -1.43. The second-order valence-corrected chi connectivity index (χ2v) is 4.25. The van der Waals surface area contributed by atoms with Gasteiger partial charge in [0.15, 0.2) is 0 Å². The van der Waals surface area contributed by atoms with E-state index in [9.17, 15) is 14.4 Å². The zero-order valence-corrected chi connectivity index (χ0v) is 8.81. The highest BCUT2D eigenvalue weighted by Crippen LogP contribution is 2.30. The lowest BCUT2D eigenvalue weighted by Crippen LogP contribution is -2.43. The minimum absolute atomic E-state index is 0.00840. The molecule has 1 saturated heterocycles. The third-order valence-corrected chi connectivity index (χ3v) is 2.94. The number of carboxylic acid groups (broad SMARTS) is 1. The molecule has 88 valence electrons. The molecule has 1 aliphatic carbocycles. The summed E-state index contributed by atoms with van der Waals surface area (Å²) in [6.07, 6.45) is 2.14. The van der Waals surface area contributed by atoms with Gasteiger partial charge in [0.25, 0.3) is 0 Å². The van der Waals surface area contributed by atoms with Gasteiger partial charge in [-0.3, -0.25) is 24.6 Å². The van der Waals surface area contributed by atoms with Crippen molar-refractivity contribution in [1.82, 2.24) is 10.2 Å². The standard InChI is InChI=1S/C10H14N2O4/c13-8-5-7(10(16)11-8)12(6-1-2-6)4-3-9(14)15/h6-7H,1-5H2,(H,14,15)(H,11,13,16). The first-order valence-corrected chi connectivity index (χ1v) is 5.39. The fraction of sp³-hybridized carbons (Fsp3) is 0.700. The number of carbonyl (C=O) groups is 3. The van der Waals surface area contributed by atoms with E-state index >= 15 is 0 Å². The first-order chi connectivity index (χ1) is 7.58. The van der Waals surface area contributed by atoms with Crippen LogP contribution in [0.2, 0.25) is 0 Å². The molecule has 6 nitrogen and oxygen atoms in total. The maximum absolute atomic E-state index is 11.5. The number of hydrogen-bond acceptors (Lipinski definition) is 4. The van der Waals surface area contributed by atoms with E-state index in [2.05, 4.69) is 5.32 Å². The molecule has 1 atom stereocenters. The van der Waals surface area contributed by atoms with Crippen molar-refractivity contribution in [3.05, 3.63) is 0 Å². The molecule has 0 aromatic heterocycles. The minimum Gasteiger partial charge on any atom is -0.481 e. The largest absolute Gasteiger partial charge is 0.481 e. The molecule has 1 aliphatic heterocycles. The summed E-state index contributed by atoms with van der Waals surface area (Å²) in [5.74, 6) is -1.44. The first kappa shape index (κ1) is 11.1. The summed E-state index contributed by atoms with van der Waals surface area (Å²) >= 11 is 0. The van der Waals surface area contributed by atoms with E-state index in [1.165, 1.54) is 0 Å². The van der Waals surface area contributed by atoms with Crippen molar-refractivity contribution < 1.29 is 19.5 Å². The summed E-state index contributed by atoms with van der Waals surface area (Å²) in [5, 5.41) is 10.9. The maximum atomic E-state index is 11.5. The van der Waals surface area contributed by atoms with Gasteiger partial charge in [-0.1, -0.05) is 0 Å². The maximum Gasteiger partial charge on any atom is 0.304 e. The first-order valence-electron chi connectivity index (χ1n) is 5.39. The molecule has 16 heavy (non-hydrogen) atoms. The van der Waals surface area contributed by atoms with Crippen molar-refractivity contribution in [2.24, 2.45) is 0 Å². The molecule has 2 amide bonds. The lowest BCUT2D eigenvalue weighted by molar-refractivity contribution is -0.138. The van der Waals surface area contributed by atoms with E-state index in [0.717, 1.165) is 12.8 Å². The monoisotopic (exact) mass is 226 g/mol. The number of imide groups is 1. The summed E-state index contributed by atoms with van der Waals surface area (Å²) in [6.45, 7) is 0.339. The predicted molar refractivity (Wildman–Crippen MR) is 53.5 cm³/mol. The van der Waals surface area contributed by atoms with Crippen LogP contribution in [0.25, 0.3) is 0 Å². The summed E-state index contributed by atoms with van der Waals surface area (Å²) in [6, 6.07) is -0.180. The molecule has 0 aromatic carbocycles. The fourth-order valence-electron chi connectivity index (χ4n) is 2.03. The van der Waals surface area contributed by atoms with Crippen LogP contribution >= 0.6 is 0 Å². The Morgan fingerprint density at radius 2 is 2.12 bits per heavy atom. The Morgan fingerprint density at radius 1 is 1.44 bits per heavy atom. The molecule has 0 bridgehead atoms. The molecule has 1 unspecified atom stereocenters. The molecule has 0 aromatic rings. The van der Waals surface area contributed by atoms with Crippen LogP contribution in [0.4, 0.5) is 0 Å². The lowest BCUT2D eigenvalue weighted by Gasteiger charge is -2.25. The number of carbonyl (C=O) groups excluding carboxylic acids is 2. The van der Waals surface area contributed by atoms with Crippen LogP contribution in [0.3, 0.4) is 0 Å². The van der Waals surface area contributed by atoms with Gasteiger partial charge in [0.2, 0.25) is 11.8 Å². The van der Waals surface area contributed by atoms with Crippen molar-refractivity contribution in [2.75, 3.05) is 6.54 Å². The van der Waals surface area contributed by atoms with Gasteiger partial charge in [-0.25, -0.2) is 0 Å². The van der Waals surface area contributed by atoms with Crippen molar-refractivity contribution in [3.8, 4) is 0 Å². The molecule has 2 aliphatic rings. The Balaban J connectivity index is 1.98. The Labute approximate surface area is 92.6 Å². The molecular formula is C10H14N2O4. The number of nitrogens with one attached hydrogen (secondary N) is 1. The average Bonchev–Trinajstić information content (AvgIpc) is 2.94. The Bertz CT molecular complexity index is 338. The van der Waals surface area contributed by atoms with Crippen molar-refractivity contribution in [3.63, 3.8) is 0 Å². The second kappa shape index (κ2) is 4.21. The molecular weight excluding hydrogens is 212 g/mol. The van der Waals surface area contributed by atoms with Crippen LogP contribution < -0.4 is 5.32 Å². The van der Waals surface area contributed by atoms with Gasteiger partial charge in [-0.05, 0) is 12.8 Å². The van der Waals surface area contributed by atoms with Gasteiger partial charge >= 0.3 is 5.97 Å². The zero-order chi connectivity index (χ0) is 11.7. The smallest absolute Gasteiger partial charge is 0.304 e. The normalized spacial score (nSPS) is 24.9. The SMILES string of the molecule is O=C(O)CCN(C1CC1)C1CC(=O)NC1=O. The van der Waals surface area contributed by atoms with Crippen molar-refractivity contribution in [1.29, 1.82) is 0 Å². The quantitative estimate of drug-likeness (QED) is 0.608. The van der Waals surface area contributed by atoms with Gasteiger partial charge in [-0.15, -0.1) is 0 Å². The summed E-state index contributed by atoms with van der Waals surface area (Å²) in [5.41, 5.74) is 0. The molecule has 6 heteroatoms. The Kier molecular flexibility index (Phi) is 2.91. The van der Waals surface area contributed by atoms with Crippen molar-refractivity contribution >= 4 is 17.8 Å². The van der Waals surface area contributed by atoms with Crippen molar-refractivity contribution in [2.45, 2.75) is 37.8 Å². The predicted octanol–water partition coefficient (Wildman–Crippen LogP) is -0.659. The number of amides is 2. The summed E-state index contributed by atoms with van der Waals surface area (Å²) in [4.78, 5) is 34.9. The van der Waals surface area contributed by atoms with Crippen LogP contribution in [0.15, 0.2) is 0 Å². The molecule has 2 N–H and O–H groups in total. The molecule has 2 rings (SSSR count). The van der Waals surface area contributed by atoms with Gasteiger partial charge in [-0.2, -0.15) is 0 Å². The van der Waals surface area contributed by atoms with E-state index in [0.29, 0.717) is 6.54 Å². The summed E-state index contributed by atoms with van der Waals surface area (Å²) in [7, 11) is 0. The van der Waals surface area contributed by atoms with Crippen LogP contribution in [0, 0.1) is 0 Å². The van der Waals surface area contributed by atoms with Crippen LogP contribution in [-0.2, 0) is 14.4 Å². The highest BCUT2D eigenvalue weighted by molar-refractivity contribution is 6.05. The highest BCUT2D eigenvalue weighted by Gasteiger charge is 2.41. The van der Waals surface area contributed by atoms with Crippen LogP contribution in [0.5, 0.6) is 0 Å². The molecule has 0 radical (unpaired) electrons. The average molecular weight is 226 g/mol. The molecule has 1 saturated carbocycles. The van der Waals surface area contributed by atoms with Gasteiger partial charge in [0.05, 0.1) is 18.9 Å². The molecule has 0 spiro atoms. The second-order valence-electron chi connectivity index (χ2n) is 4.25.